The Hall–Kier alpha value is -2.52. The van der Waals surface area contributed by atoms with Gasteiger partial charge in [-0.25, -0.2) is 4.79 Å². The lowest BCUT2D eigenvalue weighted by Gasteiger charge is -2.43. The van der Waals surface area contributed by atoms with E-state index in [4.69, 9.17) is 16.3 Å². The Kier molecular flexibility index (Phi) is 5.56. The molecule has 1 heterocycles. The molecular weight excluding hydrogens is 334 g/mol. The van der Waals surface area contributed by atoms with E-state index >= 15 is 0 Å². The molecule has 1 saturated heterocycles. The van der Waals surface area contributed by atoms with Gasteiger partial charge in [-0.3, -0.25) is 0 Å². The zero-order valence-electron chi connectivity index (χ0n) is 14.1. The number of rotatable bonds is 5. The van der Waals surface area contributed by atoms with Gasteiger partial charge in [0.15, 0.2) is 0 Å². The Bertz CT molecular complexity index is 781. The van der Waals surface area contributed by atoms with Crippen molar-refractivity contribution in [3.05, 3.63) is 83.0 Å². The predicted octanol–water partition coefficient (Wildman–Crippen LogP) is 5.08. The number of ether oxygens (including phenoxy) is 1. The molecule has 0 N–H and O–H groups in total. The summed E-state index contributed by atoms with van der Waals surface area (Å²) in [6.07, 6.45) is 6.64. The number of anilines is 1. The number of carbonyl (C=O) groups is 1. The second-order valence-electron chi connectivity index (χ2n) is 5.78. The lowest BCUT2D eigenvalue weighted by atomic mass is 9.95. The van der Waals surface area contributed by atoms with E-state index in [1.807, 2.05) is 42.5 Å². The fraction of sp³-hybridized carbons (Fsp3) is 0.190. The van der Waals surface area contributed by atoms with Crippen LogP contribution in [0.25, 0.3) is 6.08 Å². The third-order valence-electron chi connectivity index (χ3n) is 4.05. The molecule has 0 saturated carbocycles. The van der Waals surface area contributed by atoms with Crippen LogP contribution in [-0.2, 0) is 9.53 Å². The molecule has 2 aromatic carbocycles. The van der Waals surface area contributed by atoms with Gasteiger partial charge in [-0.05, 0) is 36.8 Å². The molecule has 1 aliphatic heterocycles. The molecule has 0 bridgehead atoms. The van der Waals surface area contributed by atoms with Crippen molar-refractivity contribution >= 4 is 29.3 Å². The van der Waals surface area contributed by atoms with Crippen molar-refractivity contribution < 1.29 is 9.53 Å². The zero-order chi connectivity index (χ0) is 17.6. The predicted molar refractivity (Wildman–Crippen MR) is 103 cm³/mol. The summed E-state index contributed by atoms with van der Waals surface area (Å²) in [6, 6.07) is 18.0. The van der Waals surface area contributed by atoms with Crippen molar-refractivity contribution in [2.45, 2.75) is 19.4 Å². The van der Waals surface area contributed by atoms with Crippen LogP contribution in [0, 0.1) is 0 Å². The minimum Gasteiger partial charge on any atom is -0.463 e. The van der Waals surface area contributed by atoms with Gasteiger partial charge in [0.25, 0.3) is 0 Å². The molecule has 1 aliphatic rings. The van der Waals surface area contributed by atoms with Gasteiger partial charge in [0.1, 0.15) is 0 Å². The van der Waals surface area contributed by atoms with Crippen LogP contribution in [0.3, 0.4) is 0 Å². The second-order valence-corrected chi connectivity index (χ2v) is 6.21. The number of esters is 1. The normalized spacial score (nSPS) is 18.4. The quantitative estimate of drug-likeness (QED) is 0.554. The molecule has 3 rings (SSSR count). The lowest BCUT2D eigenvalue weighted by molar-refractivity contribution is -0.137. The first-order valence-corrected chi connectivity index (χ1v) is 8.70. The monoisotopic (exact) mass is 353 g/mol. The fourth-order valence-electron chi connectivity index (χ4n) is 2.85. The summed E-state index contributed by atoms with van der Waals surface area (Å²) >= 11 is 6.00. The maximum absolute atomic E-state index is 11.8. The first-order chi connectivity index (χ1) is 12.2. The molecule has 3 nitrogen and oxygen atoms in total. The van der Waals surface area contributed by atoms with Gasteiger partial charge in [0.2, 0.25) is 0 Å². The number of benzene rings is 2. The van der Waals surface area contributed by atoms with Crippen LogP contribution in [0.15, 0.2) is 72.4 Å². The van der Waals surface area contributed by atoms with Crippen molar-refractivity contribution in [3.8, 4) is 0 Å². The van der Waals surface area contributed by atoms with Crippen LogP contribution >= 0.6 is 11.6 Å². The van der Waals surface area contributed by atoms with Crippen molar-refractivity contribution in [3.63, 3.8) is 0 Å². The topological polar surface area (TPSA) is 29.5 Å². The highest BCUT2D eigenvalue weighted by Gasteiger charge is 2.32. The molecule has 25 heavy (non-hydrogen) atoms. The average Bonchev–Trinajstić information content (AvgIpc) is 2.60. The molecule has 0 aromatic heterocycles. The van der Waals surface area contributed by atoms with Crippen molar-refractivity contribution in [2.24, 2.45) is 0 Å². The largest absolute Gasteiger partial charge is 0.463 e. The molecule has 0 aliphatic carbocycles. The van der Waals surface area contributed by atoms with Crippen LogP contribution in [-0.4, -0.2) is 18.6 Å². The van der Waals surface area contributed by atoms with Crippen molar-refractivity contribution in [2.75, 3.05) is 11.5 Å². The van der Waals surface area contributed by atoms with E-state index in [0.29, 0.717) is 11.6 Å². The molecule has 4 heteroatoms. The number of halogens is 1. The van der Waals surface area contributed by atoms with Gasteiger partial charge in [0, 0.05) is 28.9 Å². The van der Waals surface area contributed by atoms with Crippen molar-refractivity contribution in [1.29, 1.82) is 0 Å². The molecule has 0 spiro atoms. The van der Waals surface area contributed by atoms with Gasteiger partial charge in [-0.15, -0.1) is 0 Å². The highest BCUT2D eigenvalue weighted by atomic mass is 35.5. The standard InChI is InChI=1S/C21H20ClNO2/c1-2-25-21(24)15-20-14-19(11-8-16-6-4-3-5-7-16)23(20)18-12-9-17(22)10-13-18/h3-13,15,19H,2,14H2,1H3/b11-8+,20-15-. The summed E-state index contributed by atoms with van der Waals surface area (Å²) in [5, 5.41) is 0.691. The SMILES string of the molecule is CCOC(=O)/C=C1/CC(/C=C/c2ccccc2)N1c1ccc(Cl)cc1. The number of hydrogen-bond acceptors (Lipinski definition) is 3. The van der Waals surface area contributed by atoms with E-state index in [1.54, 1.807) is 13.0 Å². The molecule has 128 valence electrons. The zero-order valence-corrected chi connectivity index (χ0v) is 14.8. The fourth-order valence-corrected chi connectivity index (χ4v) is 2.98. The average molecular weight is 354 g/mol. The van der Waals surface area contributed by atoms with E-state index in [2.05, 4.69) is 29.2 Å². The molecule has 0 radical (unpaired) electrons. The summed E-state index contributed by atoms with van der Waals surface area (Å²) in [6.45, 7) is 2.18. The summed E-state index contributed by atoms with van der Waals surface area (Å²) in [5.74, 6) is -0.304. The second kappa shape index (κ2) is 8.04. The molecular formula is C21H20ClNO2. The summed E-state index contributed by atoms with van der Waals surface area (Å²) in [4.78, 5) is 13.9. The molecule has 1 unspecified atom stereocenters. The van der Waals surface area contributed by atoms with Crippen LogP contribution < -0.4 is 4.90 Å². The third-order valence-corrected chi connectivity index (χ3v) is 4.30. The van der Waals surface area contributed by atoms with E-state index in [1.165, 1.54) is 0 Å². The number of nitrogens with zero attached hydrogens (tertiary/aromatic N) is 1. The van der Waals surface area contributed by atoms with Crippen LogP contribution in [0.4, 0.5) is 5.69 Å². The van der Waals surface area contributed by atoms with E-state index in [-0.39, 0.29) is 12.0 Å². The summed E-state index contributed by atoms with van der Waals surface area (Å²) < 4.78 is 5.03. The Labute approximate surface area is 153 Å². The van der Waals surface area contributed by atoms with Gasteiger partial charge < -0.3 is 9.64 Å². The van der Waals surface area contributed by atoms with Gasteiger partial charge >= 0.3 is 5.97 Å². The maximum atomic E-state index is 11.8. The van der Waals surface area contributed by atoms with Gasteiger partial charge in [-0.1, -0.05) is 54.1 Å². The summed E-state index contributed by atoms with van der Waals surface area (Å²) in [5.41, 5.74) is 3.11. The number of carbonyl (C=O) groups excluding carboxylic acids is 1. The van der Waals surface area contributed by atoms with E-state index in [9.17, 15) is 4.79 Å². The smallest absolute Gasteiger partial charge is 0.332 e. The Morgan fingerprint density at radius 3 is 2.60 bits per heavy atom. The first-order valence-electron chi connectivity index (χ1n) is 8.32. The van der Waals surface area contributed by atoms with Crippen LogP contribution in [0.5, 0.6) is 0 Å². The van der Waals surface area contributed by atoms with E-state index in [0.717, 1.165) is 23.4 Å². The minimum absolute atomic E-state index is 0.196. The maximum Gasteiger partial charge on any atom is 0.332 e. The number of hydrogen-bond donors (Lipinski definition) is 0. The Balaban J connectivity index is 1.82. The van der Waals surface area contributed by atoms with E-state index < -0.39 is 0 Å². The first kappa shape index (κ1) is 17.3. The lowest BCUT2D eigenvalue weighted by Crippen LogP contribution is -2.44. The Morgan fingerprint density at radius 1 is 1.20 bits per heavy atom. The third kappa shape index (κ3) is 4.31. The molecule has 2 aromatic rings. The highest BCUT2D eigenvalue weighted by Crippen LogP contribution is 2.37. The van der Waals surface area contributed by atoms with Crippen LogP contribution in [0.1, 0.15) is 18.9 Å². The summed E-state index contributed by atoms with van der Waals surface area (Å²) in [7, 11) is 0. The van der Waals surface area contributed by atoms with Gasteiger partial charge in [0.05, 0.1) is 12.6 Å². The molecule has 0 amide bonds. The van der Waals surface area contributed by atoms with Gasteiger partial charge in [-0.2, -0.15) is 0 Å². The minimum atomic E-state index is -0.304. The Morgan fingerprint density at radius 2 is 1.92 bits per heavy atom. The van der Waals surface area contributed by atoms with Crippen molar-refractivity contribution in [1.82, 2.24) is 0 Å². The highest BCUT2D eigenvalue weighted by molar-refractivity contribution is 6.30. The molecule has 1 atom stereocenters. The molecule has 1 fully saturated rings. The van der Waals surface area contributed by atoms with Crippen LogP contribution in [0.2, 0.25) is 5.02 Å².